The lowest BCUT2D eigenvalue weighted by Gasteiger charge is -2.11. The molecule has 1 aromatic carbocycles. The molecule has 0 saturated carbocycles. The van der Waals surface area contributed by atoms with E-state index in [1.54, 1.807) is 0 Å². The Balaban J connectivity index is 2.50. The van der Waals surface area contributed by atoms with Gasteiger partial charge in [0.05, 0.1) is 6.21 Å². The molecule has 0 aromatic heterocycles. The third-order valence-electron chi connectivity index (χ3n) is 2.80. The van der Waals surface area contributed by atoms with E-state index in [0.717, 1.165) is 12.1 Å². The number of carboxylic acid groups (broad SMARTS) is 1. The van der Waals surface area contributed by atoms with Crippen molar-refractivity contribution < 1.29 is 41.8 Å². The molecule has 140 valence electrons. The summed E-state index contributed by atoms with van der Waals surface area (Å²) in [6.45, 7) is -6.12. The SMILES string of the molecule is O=C(O)CCCCCON=Cc1ccc(OC(F)F)c(OC(F)F)c1. The van der Waals surface area contributed by atoms with Crippen molar-refractivity contribution in [2.24, 2.45) is 5.16 Å². The van der Waals surface area contributed by atoms with Crippen LogP contribution in [0.25, 0.3) is 0 Å². The van der Waals surface area contributed by atoms with Gasteiger partial charge in [-0.15, -0.1) is 0 Å². The summed E-state index contributed by atoms with van der Waals surface area (Å²) in [5.41, 5.74) is 0.281. The third kappa shape index (κ3) is 9.38. The van der Waals surface area contributed by atoms with Crippen molar-refractivity contribution in [2.75, 3.05) is 6.61 Å². The first-order chi connectivity index (χ1) is 11.9. The lowest BCUT2D eigenvalue weighted by atomic mass is 10.2. The van der Waals surface area contributed by atoms with Crippen molar-refractivity contribution in [1.82, 2.24) is 0 Å². The van der Waals surface area contributed by atoms with E-state index in [2.05, 4.69) is 14.6 Å². The number of halogens is 4. The van der Waals surface area contributed by atoms with E-state index in [4.69, 9.17) is 9.94 Å². The number of rotatable bonds is 12. The maximum Gasteiger partial charge on any atom is 0.387 e. The summed E-state index contributed by atoms with van der Waals surface area (Å²) in [6.07, 6.45) is 3.08. The average molecular weight is 367 g/mol. The third-order valence-corrected chi connectivity index (χ3v) is 2.80. The van der Waals surface area contributed by atoms with Gasteiger partial charge in [0.2, 0.25) is 0 Å². The van der Waals surface area contributed by atoms with Crippen molar-refractivity contribution in [3.05, 3.63) is 23.8 Å². The maximum atomic E-state index is 12.3. The van der Waals surface area contributed by atoms with Gasteiger partial charge >= 0.3 is 19.2 Å². The highest BCUT2D eigenvalue weighted by atomic mass is 19.3. The molecule has 0 amide bonds. The van der Waals surface area contributed by atoms with Gasteiger partial charge in [-0.3, -0.25) is 4.79 Å². The Kier molecular flexibility index (Phi) is 9.12. The van der Waals surface area contributed by atoms with Crippen molar-refractivity contribution in [2.45, 2.75) is 38.9 Å². The van der Waals surface area contributed by atoms with E-state index in [-0.39, 0.29) is 18.6 Å². The largest absolute Gasteiger partial charge is 0.481 e. The minimum atomic E-state index is -3.20. The minimum absolute atomic E-state index is 0.0865. The monoisotopic (exact) mass is 367 g/mol. The quantitative estimate of drug-likeness (QED) is 0.263. The number of oxime groups is 1. The second-order valence-electron chi connectivity index (χ2n) is 4.74. The van der Waals surface area contributed by atoms with Crippen LogP contribution in [0.15, 0.2) is 23.4 Å². The standard InChI is InChI=1S/C15H17F4NO5/c16-14(17)24-11-6-5-10(8-12(11)25-15(18)19)9-20-23-7-3-1-2-4-13(21)22/h5-6,8-9,14-15H,1-4,7H2,(H,21,22). The zero-order valence-corrected chi connectivity index (χ0v) is 13.0. The van der Waals surface area contributed by atoms with Crippen LogP contribution in [0, 0.1) is 0 Å². The van der Waals surface area contributed by atoms with Crippen LogP contribution in [0.3, 0.4) is 0 Å². The lowest BCUT2D eigenvalue weighted by Crippen LogP contribution is -2.08. The molecule has 0 radical (unpaired) electrons. The zero-order chi connectivity index (χ0) is 18.7. The van der Waals surface area contributed by atoms with Crippen molar-refractivity contribution in [3.63, 3.8) is 0 Å². The second-order valence-corrected chi connectivity index (χ2v) is 4.74. The van der Waals surface area contributed by atoms with Gasteiger partial charge in [0.15, 0.2) is 11.5 Å². The molecule has 0 unspecified atom stereocenters. The fourth-order valence-electron chi connectivity index (χ4n) is 1.76. The molecule has 0 spiro atoms. The number of unbranched alkanes of at least 4 members (excludes halogenated alkanes) is 2. The van der Waals surface area contributed by atoms with E-state index >= 15 is 0 Å². The van der Waals surface area contributed by atoms with Gasteiger partial charge in [0.25, 0.3) is 0 Å². The molecule has 25 heavy (non-hydrogen) atoms. The molecular formula is C15H17F4NO5. The van der Waals surface area contributed by atoms with E-state index in [1.165, 1.54) is 12.3 Å². The molecule has 0 aliphatic heterocycles. The molecule has 0 bridgehead atoms. The summed E-state index contributed by atoms with van der Waals surface area (Å²) in [4.78, 5) is 15.2. The number of hydrogen-bond donors (Lipinski definition) is 1. The number of alkyl halides is 4. The van der Waals surface area contributed by atoms with Crippen LogP contribution >= 0.6 is 0 Å². The summed E-state index contributed by atoms with van der Waals surface area (Å²) in [5, 5.41) is 12.1. The van der Waals surface area contributed by atoms with Crippen molar-refractivity contribution >= 4 is 12.2 Å². The molecule has 0 atom stereocenters. The summed E-state index contributed by atoms with van der Waals surface area (Å²) >= 11 is 0. The highest BCUT2D eigenvalue weighted by Gasteiger charge is 2.15. The molecule has 0 heterocycles. The Morgan fingerprint density at radius 1 is 1.08 bits per heavy atom. The molecule has 0 aliphatic rings. The number of hydrogen-bond acceptors (Lipinski definition) is 5. The lowest BCUT2D eigenvalue weighted by molar-refractivity contribution is -0.137. The van der Waals surface area contributed by atoms with Gasteiger partial charge in [-0.25, -0.2) is 0 Å². The first-order valence-corrected chi connectivity index (χ1v) is 7.29. The molecule has 1 aromatic rings. The van der Waals surface area contributed by atoms with Crippen LogP contribution in [0.1, 0.15) is 31.2 Å². The Morgan fingerprint density at radius 2 is 1.76 bits per heavy atom. The summed E-state index contributed by atoms with van der Waals surface area (Å²) in [6, 6.07) is 3.43. The normalized spacial score (nSPS) is 11.3. The van der Waals surface area contributed by atoms with E-state index in [9.17, 15) is 22.4 Å². The molecule has 1 N–H and O–H groups in total. The topological polar surface area (TPSA) is 77.4 Å². The Morgan fingerprint density at radius 3 is 2.40 bits per heavy atom. The van der Waals surface area contributed by atoms with E-state index in [0.29, 0.717) is 19.3 Å². The Bertz CT molecular complexity index is 569. The van der Waals surface area contributed by atoms with Crippen LogP contribution in [0.4, 0.5) is 17.6 Å². The Hall–Kier alpha value is -2.52. The van der Waals surface area contributed by atoms with Gasteiger partial charge < -0.3 is 19.4 Å². The summed E-state index contributed by atoms with van der Waals surface area (Å²) in [5.74, 6) is -1.93. The number of benzene rings is 1. The van der Waals surface area contributed by atoms with E-state index in [1.807, 2.05) is 0 Å². The van der Waals surface area contributed by atoms with Crippen LogP contribution in [-0.2, 0) is 9.63 Å². The highest BCUT2D eigenvalue weighted by Crippen LogP contribution is 2.30. The number of ether oxygens (including phenoxy) is 2. The fourth-order valence-corrected chi connectivity index (χ4v) is 1.76. The molecular weight excluding hydrogens is 350 g/mol. The molecule has 0 saturated heterocycles. The molecule has 0 fully saturated rings. The molecule has 6 nitrogen and oxygen atoms in total. The number of nitrogens with zero attached hydrogens (tertiary/aromatic N) is 1. The predicted octanol–water partition coefficient (Wildman–Crippen LogP) is 3.88. The van der Waals surface area contributed by atoms with E-state index < -0.39 is 30.7 Å². The molecule has 1 rings (SSSR count). The smallest absolute Gasteiger partial charge is 0.387 e. The van der Waals surface area contributed by atoms with Gasteiger partial charge in [0.1, 0.15) is 6.61 Å². The number of carbonyl (C=O) groups is 1. The van der Waals surface area contributed by atoms with Crippen LogP contribution in [0.2, 0.25) is 0 Å². The minimum Gasteiger partial charge on any atom is -0.481 e. The van der Waals surface area contributed by atoms with Crippen LogP contribution < -0.4 is 9.47 Å². The second kappa shape index (κ2) is 11.1. The summed E-state index contributed by atoms with van der Waals surface area (Å²) in [7, 11) is 0. The number of carboxylic acids is 1. The van der Waals surface area contributed by atoms with Gasteiger partial charge in [-0.2, -0.15) is 17.6 Å². The van der Waals surface area contributed by atoms with Gasteiger partial charge in [0, 0.05) is 12.0 Å². The maximum absolute atomic E-state index is 12.3. The molecule has 10 heteroatoms. The number of aliphatic carboxylic acids is 1. The van der Waals surface area contributed by atoms with Crippen LogP contribution in [0.5, 0.6) is 11.5 Å². The first-order valence-electron chi connectivity index (χ1n) is 7.29. The average Bonchev–Trinajstić information content (AvgIpc) is 2.51. The summed E-state index contributed by atoms with van der Waals surface area (Å²) < 4.78 is 57.3. The van der Waals surface area contributed by atoms with Crippen LogP contribution in [-0.4, -0.2) is 37.1 Å². The Labute approximate surface area is 141 Å². The molecule has 0 aliphatic carbocycles. The van der Waals surface area contributed by atoms with Crippen molar-refractivity contribution in [3.8, 4) is 11.5 Å². The van der Waals surface area contributed by atoms with Gasteiger partial charge in [-0.05, 0) is 37.5 Å². The first kappa shape index (κ1) is 20.5. The predicted molar refractivity (Wildman–Crippen MR) is 79.4 cm³/mol. The highest BCUT2D eigenvalue weighted by molar-refractivity contribution is 5.80. The van der Waals surface area contributed by atoms with Gasteiger partial charge in [-0.1, -0.05) is 5.16 Å². The van der Waals surface area contributed by atoms with Crippen molar-refractivity contribution in [1.29, 1.82) is 0 Å². The fraction of sp³-hybridized carbons (Fsp3) is 0.467. The zero-order valence-electron chi connectivity index (χ0n) is 13.0.